The number of nitrogens with zero attached hydrogens (tertiary/aromatic N) is 2. The van der Waals surface area contributed by atoms with E-state index < -0.39 is 5.97 Å². The van der Waals surface area contributed by atoms with Gasteiger partial charge in [0, 0.05) is 7.05 Å². The summed E-state index contributed by atoms with van der Waals surface area (Å²) in [5.41, 5.74) is 0.752. The minimum Gasteiger partial charge on any atom is -0.464 e. The summed E-state index contributed by atoms with van der Waals surface area (Å²) in [5, 5.41) is 3.89. The SMILES string of the molecule is COC(=O)c1c(C#CCC=O)cnn1C. The highest BCUT2D eigenvalue weighted by atomic mass is 16.5. The molecule has 5 heteroatoms. The van der Waals surface area contributed by atoms with Crippen LogP contribution in [0.2, 0.25) is 0 Å². The molecule has 0 amide bonds. The molecular weight excluding hydrogens is 196 g/mol. The number of hydrogen-bond acceptors (Lipinski definition) is 4. The van der Waals surface area contributed by atoms with E-state index in [0.717, 1.165) is 0 Å². The first-order chi connectivity index (χ1) is 7.20. The molecule has 0 spiro atoms. The summed E-state index contributed by atoms with van der Waals surface area (Å²) >= 11 is 0. The highest BCUT2D eigenvalue weighted by molar-refractivity contribution is 5.90. The fourth-order valence-electron chi connectivity index (χ4n) is 1.06. The van der Waals surface area contributed by atoms with Crippen LogP contribution in [0, 0.1) is 11.8 Å². The Hall–Kier alpha value is -2.09. The van der Waals surface area contributed by atoms with E-state index in [1.54, 1.807) is 7.05 Å². The van der Waals surface area contributed by atoms with Crippen molar-refractivity contribution >= 4 is 12.3 Å². The van der Waals surface area contributed by atoms with Crippen LogP contribution in [-0.4, -0.2) is 29.1 Å². The number of aldehydes is 1. The lowest BCUT2D eigenvalue weighted by molar-refractivity contribution is -0.107. The average Bonchev–Trinajstić information content (AvgIpc) is 2.59. The highest BCUT2D eigenvalue weighted by Crippen LogP contribution is 2.07. The largest absolute Gasteiger partial charge is 0.464 e. The summed E-state index contributed by atoms with van der Waals surface area (Å²) in [4.78, 5) is 21.4. The first-order valence-electron chi connectivity index (χ1n) is 4.23. The van der Waals surface area contributed by atoms with Crippen LogP contribution in [0.1, 0.15) is 22.5 Å². The Kier molecular flexibility index (Phi) is 3.63. The summed E-state index contributed by atoms with van der Waals surface area (Å²) < 4.78 is 5.97. The van der Waals surface area contributed by atoms with Crippen LogP contribution in [0.3, 0.4) is 0 Å². The second-order valence-corrected chi connectivity index (χ2v) is 2.69. The van der Waals surface area contributed by atoms with Gasteiger partial charge in [0.25, 0.3) is 0 Å². The lowest BCUT2D eigenvalue weighted by Crippen LogP contribution is -2.09. The predicted molar refractivity (Wildman–Crippen MR) is 52.1 cm³/mol. The average molecular weight is 206 g/mol. The molecule has 1 aromatic rings. The summed E-state index contributed by atoms with van der Waals surface area (Å²) in [7, 11) is 2.91. The standard InChI is InChI=1S/C10H10N2O3/c1-12-9(10(14)15-2)8(7-11-12)5-3-4-6-13/h6-7H,4H2,1-2H3. The summed E-state index contributed by atoms with van der Waals surface area (Å²) in [5.74, 6) is 4.79. The van der Waals surface area contributed by atoms with E-state index in [2.05, 4.69) is 21.7 Å². The maximum absolute atomic E-state index is 11.3. The molecule has 0 radical (unpaired) electrons. The zero-order valence-electron chi connectivity index (χ0n) is 8.48. The van der Waals surface area contributed by atoms with Crippen LogP contribution < -0.4 is 0 Å². The zero-order chi connectivity index (χ0) is 11.3. The van der Waals surface area contributed by atoms with Crippen molar-refractivity contribution in [3.8, 4) is 11.8 Å². The molecule has 1 aromatic heterocycles. The minimum absolute atomic E-state index is 0.134. The van der Waals surface area contributed by atoms with Gasteiger partial charge in [-0.15, -0.1) is 0 Å². The number of methoxy groups -OCH3 is 1. The highest BCUT2D eigenvalue weighted by Gasteiger charge is 2.15. The maximum Gasteiger partial charge on any atom is 0.357 e. The van der Waals surface area contributed by atoms with E-state index in [4.69, 9.17) is 0 Å². The number of rotatable bonds is 2. The molecule has 0 fully saturated rings. The fourth-order valence-corrected chi connectivity index (χ4v) is 1.06. The van der Waals surface area contributed by atoms with E-state index in [0.29, 0.717) is 11.8 Å². The van der Waals surface area contributed by atoms with Gasteiger partial charge in [-0.2, -0.15) is 5.10 Å². The van der Waals surface area contributed by atoms with Gasteiger partial charge in [-0.3, -0.25) is 4.68 Å². The van der Waals surface area contributed by atoms with Gasteiger partial charge in [0.15, 0.2) is 5.69 Å². The first kappa shape index (κ1) is 11.0. The van der Waals surface area contributed by atoms with Gasteiger partial charge in [-0.1, -0.05) is 11.8 Å². The van der Waals surface area contributed by atoms with Gasteiger partial charge >= 0.3 is 5.97 Å². The number of carbonyl (C=O) groups excluding carboxylic acids is 2. The van der Waals surface area contributed by atoms with Gasteiger partial charge in [0.1, 0.15) is 6.29 Å². The monoisotopic (exact) mass is 206 g/mol. The molecule has 1 heterocycles. The number of ether oxygens (including phenoxy) is 1. The van der Waals surface area contributed by atoms with Crippen molar-refractivity contribution in [1.29, 1.82) is 0 Å². The van der Waals surface area contributed by atoms with Crippen molar-refractivity contribution in [2.24, 2.45) is 7.05 Å². The second-order valence-electron chi connectivity index (χ2n) is 2.69. The molecule has 0 aliphatic rings. The lowest BCUT2D eigenvalue weighted by Gasteiger charge is -1.99. The summed E-state index contributed by atoms with van der Waals surface area (Å²) in [6.07, 6.45) is 2.29. The van der Waals surface area contributed by atoms with E-state index in [9.17, 15) is 9.59 Å². The van der Waals surface area contributed by atoms with Crippen molar-refractivity contribution in [3.63, 3.8) is 0 Å². The van der Waals surface area contributed by atoms with Crippen LogP contribution in [0.15, 0.2) is 6.20 Å². The number of hydrogen-bond donors (Lipinski definition) is 0. The van der Waals surface area contributed by atoms with E-state index in [1.165, 1.54) is 18.0 Å². The van der Waals surface area contributed by atoms with Crippen LogP contribution in [0.5, 0.6) is 0 Å². The lowest BCUT2D eigenvalue weighted by atomic mass is 10.2. The molecule has 15 heavy (non-hydrogen) atoms. The van der Waals surface area contributed by atoms with Crippen molar-refractivity contribution in [2.45, 2.75) is 6.42 Å². The van der Waals surface area contributed by atoms with Crippen LogP contribution >= 0.6 is 0 Å². The first-order valence-corrected chi connectivity index (χ1v) is 4.23. The number of carbonyl (C=O) groups is 2. The Balaban J connectivity index is 3.05. The molecular formula is C10H10N2O3. The van der Waals surface area contributed by atoms with Gasteiger partial charge in [-0.25, -0.2) is 4.79 Å². The van der Waals surface area contributed by atoms with E-state index >= 15 is 0 Å². The summed E-state index contributed by atoms with van der Waals surface area (Å²) in [6, 6.07) is 0. The molecule has 0 aliphatic heterocycles. The van der Waals surface area contributed by atoms with Gasteiger partial charge in [0.05, 0.1) is 25.3 Å². The Labute approximate surface area is 87.0 Å². The Morgan fingerprint density at radius 3 is 3.07 bits per heavy atom. The summed E-state index contributed by atoms with van der Waals surface area (Å²) in [6.45, 7) is 0. The Bertz CT molecular complexity index is 437. The second kappa shape index (κ2) is 4.96. The number of esters is 1. The Morgan fingerprint density at radius 1 is 1.73 bits per heavy atom. The molecule has 5 nitrogen and oxygen atoms in total. The molecule has 0 atom stereocenters. The molecule has 1 rings (SSSR count). The quantitative estimate of drug-likeness (QED) is 0.392. The molecule has 0 unspecified atom stereocenters. The zero-order valence-corrected chi connectivity index (χ0v) is 8.48. The molecule has 0 saturated heterocycles. The number of aryl methyl sites for hydroxylation is 1. The minimum atomic E-state index is -0.495. The third kappa shape index (κ3) is 2.44. The number of aromatic nitrogens is 2. The van der Waals surface area contributed by atoms with Gasteiger partial charge < -0.3 is 9.53 Å². The molecule has 0 N–H and O–H groups in total. The van der Waals surface area contributed by atoms with Crippen LogP contribution in [0.4, 0.5) is 0 Å². The molecule has 78 valence electrons. The van der Waals surface area contributed by atoms with Crippen molar-refractivity contribution in [2.75, 3.05) is 7.11 Å². The molecule has 0 bridgehead atoms. The molecule has 0 saturated carbocycles. The van der Waals surface area contributed by atoms with Gasteiger partial charge in [-0.05, 0) is 0 Å². The molecule has 0 aromatic carbocycles. The predicted octanol–water partition coefficient (Wildman–Crippen LogP) is 0.147. The van der Waals surface area contributed by atoms with E-state index in [1.807, 2.05) is 0 Å². The third-order valence-electron chi connectivity index (χ3n) is 1.73. The fraction of sp³-hybridized carbons (Fsp3) is 0.300. The third-order valence-corrected chi connectivity index (χ3v) is 1.73. The maximum atomic E-state index is 11.3. The van der Waals surface area contributed by atoms with Crippen molar-refractivity contribution < 1.29 is 14.3 Å². The smallest absolute Gasteiger partial charge is 0.357 e. The van der Waals surface area contributed by atoms with Crippen LogP contribution in [-0.2, 0) is 16.6 Å². The normalized spacial score (nSPS) is 8.93. The van der Waals surface area contributed by atoms with Crippen molar-refractivity contribution in [1.82, 2.24) is 9.78 Å². The van der Waals surface area contributed by atoms with Gasteiger partial charge in [0.2, 0.25) is 0 Å². The van der Waals surface area contributed by atoms with E-state index in [-0.39, 0.29) is 12.1 Å². The topological polar surface area (TPSA) is 61.2 Å². The van der Waals surface area contributed by atoms with Crippen molar-refractivity contribution in [3.05, 3.63) is 17.5 Å². The molecule has 0 aliphatic carbocycles. The van der Waals surface area contributed by atoms with Crippen LogP contribution in [0.25, 0.3) is 0 Å². The Morgan fingerprint density at radius 2 is 2.47 bits per heavy atom.